The zero-order valence-electron chi connectivity index (χ0n) is 14.4. The van der Waals surface area contributed by atoms with Gasteiger partial charge in [-0.2, -0.15) is 0 Å². The molecule has 0 bridgehead atoms. The van der Waals surface area contributed by atoms with Crippen LogP contribution in [0.1, 0.15) is 45.2 Å². The summed E-state index contributed by atoms with van der Waals surface area (Å²) in [6.45, 7) is 7.02. The zero-order valence-corrected chi connectivity index (χ0v) is 14.4. The van der Waals surface area contributed by atoms with E-state index in [0.717, 1.165) is 12.8 Å². The van der Waals surface area contributed by atoms with Gasteiger partial charge in [-0.05, 0) is 39.2 Å². The molecule has 1 fully saturated rings. The van der Waals surface area contributed by atoms with Crippen LogP contribution in [0.25, 0.3) is 0 Å². The maximum atomic E-state index is 12.8. The van der Waals surface area contributed by atoms with Crippen LogP contribution in [0.15, 0.2) is 30.3 Å². The third-order valence-electron chi connectivity index (χ3n) is 4.37. The largest absolute Gasteiger partial charge is 0.375 e. The summed E-state index contributed by atoms with van der Waals surface area (Å²) in [5, 5.41) is 0. The summed E-state index contributed by atoms with van der Waals surface area (Å²) in [5.74, 6) is 0. The van der Waals surface area contributed by atoms with Gasteiger partial charge in [-0.1, -0.05) is 30.3 Å². The van der Waals surface area contributed by atoms with Crippen molar-refractivity contribution in [3.8, 4) is 0 Å². The van der Waals surface area contributed by atoms with Crippen LogP contribution in [-0.2, 0) is 4.74 Å². The van der Waals surface area contributed by atoms with Crippen molar-refractivity contribution in [3.05, 3.63) is 35.9 Å². The molecule has 1 aliphatic rings. The molecular weight excluding hydrogens is 276 g/mol. The molecule has 0 aromatic heterocycles. The van der Waals surface area contributed by atoms with E-state index in [4.69, 9.17) is 4.74 Å². The van der Waals surface area contributed by atoms with Crippen LogP contribution in [0.2, 0.25) is 0 Å². The highest BCUT2D eigenvalue weighted by Crippen LogP contribution is 2.33. The number of amides is 2. The molecule has 1 aromatic carbocycles. The number of rotatable bonds is 3. The van der Waals surface area contributed by atoms with Gasteiger partial charge in [-0.15, -0.1) is 0 Å². The summed E-state index contributed by atoms with van der Waals surface area (Å²) < 4.78 is 5.82. The minimum Gasteiger partial charge on any atom is -0.375 e. The van der Waals surface area contributed by atoms with Gasteiger partial charge in [0, 0.05) is 26.7 Å². The standard InChI is InChI=1S/C18H28N2O2/c1-14(15-9-7-6-8-10-15)20(17(21)19(4)5)16-11-12-22-18(2,3)13-16/h6-10,14,16H,11-13H2,1-5H3/t14-,16+/m0/s1. The molecule has 1 saturated heterocycles. The van der Waals surface area contributed by atoms with E-state index in [-0.39, 0.29) is 23.7 Å². The third-order valence-corrected chi connectivity index (χ3v) is 4.37. The van der Waals surface area contributed by atoms with Gasteiger partial charge in [0.1, 0.15) is 0 Å². The molecule has 0 N–H and O–H groups in total. The van der Waals surface area contributed by atoms with Crippen LogP contribution in [-0.4, -0.2) is 48.2 Å². The number of hydrogen-bond acceptors (Lipinski definition) is 2. The highest BCUT2D eigenvalue weighted by Gasteiger charge is 2.37. The van der Waals surface area contributed by atoms with E-state index in [9.17, 15) is 4.79 Å². The van der Waals surface area contributed by atoms with Crippen molar-refractivity contribution < 1.29 is 9.53 Å². The van der Waals surface area contributed by atoms with Gasteiger partial charge in [-0.25, -0.2) is 4.79 Å². The van der Waals surface area contributed by atoms with Crippen LogP contribution in [0, 0.1) is 0 Å². The highest BCUT2D eigenvalue weighted by molar-refractivity contribution is 5.74. The predicted octanol–water partition coefficient (Wildman–Crippen LogP) is 3.69. The molecule has 0 saturated carbocycles. The van der Waals surface area contributed by atoms with Crippen molar-refractivity contribution in [1.82, 2.24) is 9.80 Å². The zero-order chi connectivity index (χ0) is 16.3. The molecule has 22 heavy (non-hydrogen) atoms. The summed E-state index contributed by atoms with van der Waals surface area (Å²) in [5.41, 5.74) is 0.992. The average Bonchev–Trinajstić information content (AvgIpc) is 2.47. The molecule has 0 unspecified atom stereocenters. The van der Waals surface area contributed by atoms with Crippen LogP contribution in [0.3, 0.4) is 0 Å². The van der Waals surface area contributed by atoms with Crippen LogP contribution in [0.5, 0.6) is 0 Å². The lowest BCUT2D eigenvalue weighted by Crippen LogP contribution is -2.52. The molecule has 0 spiro atoms. The monoisotopic (exact) mass is 304 g/mol. The van der Waals surface area contributed by atoms with Gasteiger partial charge in [0.2, 0.25) is 0 Å². The SMILES string of the molecule is C[C@@H](c1ccccc1)N(C(=O)N(C)C)[C@@H]1CCOC(C)(C)C1. The van der Waals surface area contributed by atoms with Crippen LogP contribution < -0.4 is 0 Å². The maximum absolute atomic E-state index is 12.8. The van der Waals surface area contributed by atoms with Gasteiger partial charge in [0.15, 0.2) is 0 Å². The predicted molar refractivity (Wildman–Crippen MR) is 88.8 cm³/mol. The lowest BCUT2D eigenvalue weighted by molar-refractivity contribution is -0.0820. The molecule has 4 heteroatoms. The first kappa shape index (κ1) is 16.8. The molecule has 1 heterocycles. The van der Waals surface area contributed by atoms with Crippen molar-refractivity contribution in [2.45, 2.75) is 51.3 Å². The van der Waals surface area contributed by atoms with Gasteiger partial charge in [0.25, 0.3) is 0 Å². The van der Waals surface area contributed by atoms with Crippen LogP contribution >= 0.6 is 0 Å². The average molecular weight is 304 g/mol. The first-order valence-corrected chi connectivity index (χ1v) is 8.00. The first-order chi connectivity index (χ1) is 10.3. The van der Waals surface area contributed by atoms with E-state index in [1.807, 2.05) is 37.2 Å². The number of hydrogen-bond donors (Lipinski definition) is 0. The summed E-state index contributed by atoms with van der Waals surface area (Å²) in [7, 11) is 3.63. The fourth-order valence-electron chi connectivity index (χ4n) is 3.20. The Morgan fingerprint density at radius 3 is 2.45 bits per heavy atom. The Kier molecular flexibility index (Phi) is 5.12. The number of nitrogens with zero attached hydrogens (tertiary/aromatic N) is 2. The number of benzene rings is 1. The molecular formula is C18H28N2O2. The number of carbonyl (C=O) groups excluding carboxylic acids is 1. The maximum Gasteiger partial charge on any atom is 0.320 e. The van der Waals surface area contributed by atoms with Gasteiger partial charge in [0.05, 0.1) is 11.6 Å². The Balaban J connectivity index is 2.28. The van der Waals surface area contributed by atoms with E-state index in [1.54, 1.807) is 4.90 Å². The Labute approximate surface area is 134 Å². The lowest BCUT2D eigenvalue weighted by Gasteiger charge is -2.44. The Morgan fingerprint density at radius 2 is 1.91 bits per heavy atom. The van der Waals surface area contributed by atoms with E-state index in [2.05, 4.69) is 32.9 Å². The Hall–Kier alpha value is -1.55. The normalized spacial score (nSPS) is 22.0. The summed E-state index contributed by atoms with van der Waals surface area (Å²) in [6, 6.07) is 10.6. The lowest BCUT2D eigenvalue weighted by atomic mass is 9.91. The van der Waals surface area contributed by atoms with Gasteiger partial charge in [-0.3, -0.25) is 0 Å². The Bertz CT molecular complexity index is 499. The topological polar surface area (TPSA) is 32.8 Å². The molecule has 1 aliphatic heterocycles. The second-order valence-electron chi connectivity index (χ2n) is 6.93. The molecule has 2 amide bonds. The van der Waals surface area contributed by atoms with E-state index >= 15 is 0 Å². The molecule has 4 nitrogen and oxygen atoms in total. The van der Waals surface area contributed by atoms with Gasteiger partial charge >= 0.3 is 6.03 Å². The second kappa shape index (κ2) is 6.69. The van der Waals surface area contributed by atoms with Crippen molar-refractivity contribution in [2.24, 2.45) is 0 Å². The van der Waals surface area contributed by atoms with E-state index < -0.39 is 0 Å². The molecule has 0 aliphatic carbocycles. The minimum absolute atomic E-state index is 0.0509. The van der Waals surface area contributed by atoms with Gasteiger partial charge < -0.3 is 14.5 Å². The Morgan fingerprint density at radius 1 is 1.27 bits per heavy atom. The quantitative estimate of drug-likeness (QED) is 0.853. The van der Waals surface area contributed by atoms with Crippen molar-refractivity contribution in [1.29, 1.82) is 0 Å². The number of carbonyl (C=O) groups is 1. The van der Waals surface area contributed by atoms with Crippen molar-refractivity contribution in [2.75, 3.05) is 20.7 Å². The fourth-order valence-corrected chi connectivity index (χ4v) is 3.20. The summed E-state index contributed by atoms with van der Waals surface area (Å²) in [4.78, 5) is 16.5. The number of ether oxygens (including phenoxy) is 1. The summed E-state index contributed by atoms with van der Waals surface area (Å²) >= 11 is 0. The molecule has 122 valence electrons. The molecule has 2 rings (SSSR count). The van der Waals surface area contributed by atoms with Crippen LogP contribution in [0.4, 0.5) is 4.79 Å². The molecule has 1 aromatic rings. The first-order valence-electron chi connectivity index (χ1n) is 8.00. The highest BCUT2D eigenvalue weighted by atomic mass is 16.5. The molecule has 0 radical (unpaired) electrons. The third kappa shape index (κ3) is 3.80. The minimum atomic E-state index is -0.176. The summed E-state index contributed by atoms with van der Waals surface area (Å²) in [6.07, 6.45) is 1.75. The van der Waals surface area contributed by atoms with Crippen molar-refractivity contribution in [3.63, 3.8) is 0 Å². The van der Waals surface area contributed by atoms with E-state index in [1.165, 1.54) is 5.56 Å². The second-order valence-corrected chi connectivity index (χ2v) is 6.93. The van der Waals surface area contributed by atoms with E-state index in [0.29, 0.717) is 6.61 Å². The fraction of sp³-hybridized carbons (Fsp3) is 0.611. The smallest absolute Gasteiger partial charge is 0.320 e. The number of urea groups is 1. The molecule has 2 atom stereocenters. The van der Waals surface area contributed by atoms with Crippen molar-refractivity contribution >= 4 is 6.03 Å².